The van der Waals surface area contributed by atoms with Crippen LogP contribution in [0, 0.1) is 5.92 Å². The summed E-state index contributed by atoms with van der Waals surface area (Å²) in [7, 11) is -3.76. The van der Waals surface area contributed by atoms with E-state index in [1.165, 1.54) is 13.0 Å². The zero-order chi connectivity index (χ0) is 15.1. The van der Waals surface area contributed by atoms with Crippen molar-refractivity contribution < 1.29 is 21.6 Å². The van der Waals surface area contributed by atoms with Gasteiger partial charge in [0.15, 0.2) is 9.84 Å². The molecule has 0 heterocycles. The molecule has 7 heteroatoms. The Morgan fingerprint density at radius 1 is 1.30 bits per heavy atom. The fourth-order valence-electron chi connectivity index (χ4n) is 2.41. The molecule has 2 N–H and O–H groups in total. The van der Waals surface area contributed by atoms with Crippen LogP contribution in [-0.4, -0.2) is 19.7 Å². The van der Waals surface area contributed by atoms with Gasteiger partial charge in [0.25, 0.3) is 0 Å². The molecule has 2 rings (SSSR count). The number of nitrogens with two attached hydrogens (primary N) is 1. The van der Waals surface area contributed by atoms with Crippen LogP contribution < -0.4 is 5.73 Å². The van der Waals surface area contributed by atoms with Crippen molar-refractivity contribution in [1.82, 2.24) is 0 Å². The summed E-state index contributed by atoms with van der Waals surface area (Å²) < 4.78 is 62.6. The Morgan fingerprint density at radius 2 is 1.90 bits per heavy atom. The lowest BCUT2D eigenvalue weighted by molar-refractivity contribution is -0.137. The van der Waals surface area contributed by atoms with Crippen LogP contribution in [0.4, 0.5) is 13.2 Å². The normalized spacial score (nSPS) is 25.1. The van der Waals surface area contributed by atoms with Gasteiger partial charge in [-0.2, -0.15) is 13.2 Å². The van der Waals surface area contributed by atoms with E-state index in [-0.39, 0.29) is 16.9 Å². The molecule has 3 nitrogen and oxygen atoms in total. The number of benzene rings is 1. The summed E-state index contributed by atoms with van der Waals surface area (Å²) in [5.74, 6) is -0.0791. The van der Waals surface area contributed by atoms with Crippen LogP contribution >= 0.6 is 0 Å². The van der Waals surface area contributed by atoms with Gasteiger partial charge in [-0.1, -0.05) is 6.07 Å². The van der Waals surface area contributed by atoms with Gasteiger partial charge >= 0.3 is 6.18 Å². The molecule has 112 valence electrons. The molecular weight excluding hydrogens is 291 g/mol. The summed E-state index contributed by atoms with van der Waals surface area (Å²) in [5.41, 5.74) is 4.68. The first-order chi connectivity index (χ1) is 9.12. The first-order valence-corrected chi connectivity index (χ1v) is 7.83. The molecule has 0 radical (unpaired) electrons. The number of hydrogen-bond donors (Lipinski definition) is 1. The van der Waals surface area contributed by atoms with Gasteiger partial charge in [0.05, 0.1) is 15.7 Å². The topological polar surface area (TPSA) is 60.2 Å². The van der Waals surface area contributed by atoms with E-state index in [4.69, 9.17) is 5.73 Å². The second-order valence-electron chi connectivity index (χ2n) is 5.27. The van der Waals surface area contributed by atoms with E-state index in [9.17, 15) is 21.6 Å². The summed E-state index contributed by atoms with van der Waals surface area (Å²) in [5, 5.41) is -0.717. The highest BCUT2D eigenvalue weighted by atomic mass is 32.2. The third-order valence-corrected chi connectivity index (χ3v) is 6.13. The van der Waals surface area contributed by atoms with Gasteiger partial charge in [0.1, 0.15) is 0 Å². The SMILES string of the molecule is CC(C1CC(N)C1)S(=O)(=O)c1cccc(C(F)(F)F)c1. The molecule has 0 spiro atoms. The molecule has 20 heavy (non-hydrogen) atoms. The maximum atomic E-state index is 12.6. The minimum Gasteiger partial charge on any atom is -0.328 e. The average molecular weight is 307 g/mol. The van der Waals surface area contributed by atoms with Crippen molar-refractivity contribution in [2.24, 2.45) is 11.7 Å². The molecule has 0 bridgehead atoms. The standard InChI is InChI=1S/C13H16F3NO2S/c1-8(9-5-11(17)6-9)20(18,19)12-4-2-3-10(7-12)13(14,15)16/h2-4,7-9,11H,5-6,17H2,1H3. The third kappa shape index (κ3) is 2.83. The summed E-state index contributed by atoms with van der Waals surface area (Å²) >= 11 is 0. The lowest BCUT2D eigenvalue weighted by Gasteiger charge is -2.36. The predicted octanol–water partition coefficient (Wildman–Crippen LogP) is 2.60. The van der Waals surface area contributed by atoms with Crippen molar-refractivity contribution in [3.05, 3.63) is 29.8 Å². The van der Waals surface area contributed by atoms with E-state index in [1.54, 1.807) is 0 Å². The fourth-order valence-corrected chi connectivity index (χ4v) is 4.13. The Kier molecular flexibility index (Phi) is 3.85. The average Bonchev–Trinajstić information content (AvgIpc) is 2.33. The second-order valence-corrected chi connectivity index (χ2v) is 7.57. The number of rotatable bonds is 3. The van der Waals surface area contributed by atoms with Gasteiger partial charge in [-0.3, -0.25) is 0 Å². The summed E-state index contributed by atoms with van der Waals surface area (Å²) in [6, 6.07) is 3.89. The van der Waals surface area contributed by atoms with Crippen molar-refractivity contribution >= 4 is 9.84 Å². The van der Waals surface area contributed by atoms with Gasteiger partial charge < -0.3 is 5.73 Å². The zero-order valence-electron chi connectivity index (χ0n) is 10.9. The summed E-state index contributed by atoms with van der Waals surface area (Å²) in [6.07, 6.45) is -3.35. The van der Waals surface area contributed by atoms with Gasteiger partial charge in [-0.15, -0.1) is 0 Å². The monoisotopic (exact) mass is 307 g/mol. The third-order valence-electron chi connectivity index (χ3n) is 3.85. The molecule has 1 aromatic carbocycles. The molecule has 1 aliphatic carbocycles. The smallest absolute Gasteiger partial charge is 0.328 e. The Labute approximate surface area is 115 Å². The second kappa shape index (κ2) is 5.04. The highest BCUT2D eigenvalue weighted by Crippen LogP contribution is 2.36. The highest BCUT2D eigenvalue weighted by Gasteiger charge is 2.39. The van der Waals surface area contributed by atoms with Gasteiger partial charge in [-0.25, -0.2) is 8.42 Å². The molecule has 1 atom stereocenters. The predicted molar refractivity (Wildman–Crippen MR) is 68.8 cm³/mol. The van der Waals surface area contributed by atoms with Gasteiger partial charge in [0, 0.05) is 6.04 Å². The first-order valence-electron chi connectivity index (χ1n) is 6.29. The van der Waals surface area contributed by atoms with Crippen molar-refractivity contribution in [2.45, 2.75) is 42.1 Å². The highest BCUT2D eigenvalue weighted by molar-refractivity contribution is 7.92. The molecule has 1 saturated carbocycles. The van der Waals surface area contributed by atoms with Crippen LogP contribution in [0.2, 0.25) is 0 Å². The molecular formula is C13H16F3NO2S. The molecule has 0 aliphatic heterocycles. The van der Waals surface area contributed by atoms with E-state index >= 15 is 0 Å². The summed E-state index contributed by atoms with van der Waals surface area (Å²) in [6.45, 7) is 1.53. The Hall–Kier alpha value is -1.08. The van der Waals surface area contributed by atoms with Crippen LogP contribution in [0.1, 0.15) is 25.3 Å². The molecule has 0 aromatic heterocycles. The maximum Gasteiger partial charge on any atom is 0.416 e. The van der Waals surface area contributed by atoms with Crippen molar-refractivity contribution in [1.29, 1.82) is 0 Å². The van der Waals surface area contributed by atoms with Crippen LogP contribution in [0.25, 0.3) is 0 Å². The molecule has 1 aromatic rings. The maximum absolute atomic E-state index is 12.6. The Morgan fingerprint density at radius 3 is 2.40 bits per heavy atom. The Bertz CT molecular complexity index is 592. The van der Waals surface area contributed by atoms with Crippen LogP contribution in [0.3, 0.4) is 0 Å². The molecule has 1 aliphatic rings. The summed E-state index contributed by atoms with van der Waals surface area (Å²) in [4.78, 5) is -0.278. The minimum absolute atomic E-state index is 0.000778. The number of sulfone groups is 1. The zero-order valence-corrected chi connectivity index (χ0v) is 11.7. The van der Waals surface area contributed by atoms with Crippen LogP contribution in [-0.2, 0) is 16.0 Å². The van der Waals surface area contributed by atoms with E-state index in [0.29, 0.717) is 18.9 Å². The number of halogens is 3. The quantitative estimate of drug-likeness (QED) is 0.934. The van der Waals surface area contributed by atoms with Crippen LogP contribution in [0.5, 0.6) is 0 Å². The lowest BCUT2D eigenvalue weighted by Crippen LogP contribution is -2.44. The molecule has 1 fully saturated rings. The largest absolute Gasteiger partial charge is 0.416 e. The minimum atomic E-state index is -4.55. The molecule has 0 saturated heterocycles. The van der Waals surface area contributed by atoms with Crippen molar-refractivity contribution in [3.8, 4) is 0 Å². The fraction of sp³-hybridized carbons (Fsp3) is 0.538. The van der Waals surface area contributed by atoms with Gasteiger partial charge in [0.2, 0.25) is 0 Å². The van der Waals surface area contributed by atoms with E-state index in [0.717, 1.165) is 12.1 Å². The van der Waals surface area contributed by atoms with E-state index in [1.807, 2.05) is 0 Å². The molecule has 1 unspecified atom stereocenters. The molecule has 0 amide bonds. The van der Waals surface area contributed by atoms with E-state index < -0.39 is 26.8 Å². The number of hydrogen-bond acceptors (Lipinski definition) is 3. The van der Waals surface area contributed by atoms with Crippen LogP contribution in [0.15, 0.2) is 29.2 Å². The lowest BCUT2D eigenvalue weighted by atomic mass is 9.79. The van der Waals surface area contributed by atoms with Crippen molar-refractivity contribution in [3.63, 3.8) is 0 Å². The van der Waals surface area contributed by atoms with E-state index in [2.05, 4.69) is 0 Å². The van der Waals surface area contributed by atoms with Gasteiger partial charge in [-0.05, 0) is 43.9 Å². The first kappa shape index (κ1) is 15.3. The Balaban J connectivity index is 2.30. The van der Waals surface area contributed by atoms with Crippen molar-refractivity contribution in [2.75, 3.05) is 0 Å². The number of alkyl halides is 3.